The topological polar surface area (TPSA) is 67.6 Å². The van der Waals surface area contributed by atoms with Crippen LogP contribution in [0.2, 0.25) is 0 Å². The molecule has 1 aliphatic carbocycles. The molecule has 1 saturated carbocycles. The quantitative estimate of drug-likeness (QED) is 0.811. The van der Waals surface area contributed by atoms with E-state index in [-0.39, 0.29) is 12.1 Å². The maximum atomic E-state index is 12.1. The van der Waals surface area contributed by atoms with Crippen LogP contribution in [0.25, 0.3) is 0 Å². The maximum absolute atomic E-state index is 12.1. The van der Waals surface area contributed by atoms with Crippen LogP contribution in [0.4, 0.5) is 4.79 Å². The lowest BCUT2D eigenvalue weighted by Gasteiger charge is -2.42. The van der Waals surface area contributed by atoms with Crippen LogP contribution in [0.3, 0.4) is 0 Å². The van der Waals surface area contributed by atoms with E-state index in [0.717, 1.165) is 32.2 Å². The number of hydrogen-bond donors (Lipinski definition) is 2. The molecule has 0 aromatic carbocycles. The van der Waals surface area contributed by atoms with Crippen molar-refractivity contribution in [1.82, 2.24) is 10.2 Å². The second-order valence-corrected chi connectivity index (χ2v) is 7.34. The number of piperidine rings is 1. The summed E-state index contributed by atoms with van der Waals surface area (Å²) in [6.07, 6.45) is 3.97. The summed E-state index contributed by atoms with van der Waals surface area (Å²) in [5.74, 6) is 0. The van der Waals surface area contributed by atoms with Gasteiger partial charge in [0.2, 0.25) is 0 Å². The standard InChI is InChI=1S/C15H29N3O2/c1-10-7-12(17-13-8-11(16)9-13)5-6-18(10)14(19)20-15(2,3)4/h10-13,17H,5-9,16H2,1-4H3. The zero-order valence-corrected chi connectivity index (χ0v) is 13.2. The van der Waals surface area contributed by atoms with Gasteiger partial charge in [-0.3, -0.25) is 0 Å². The first-order valence-corrected chi connectivity index (χ1v) is 7.76. The Bertz CT molecular complexity index is 348. The highest BCUT2D eigenvalue weighted by Gasteiger charge is 2.34. The second-order valence-electron chi connectivity index (χ2n) is 7.34. The molecule has 0 aromatic heterocycles. The van der Waals surface area contributed by atoms with Gasteiger partial charge in [-0.2, -0.15) is 0 Å². The summed E-state index contributed by atoms with van der Waals surface area (Å²) in [6, 6.07) is 1.69. The van der Waals surface area contributed by atoms with Gasteiger partial charge in [0.15, 0.2) is 0 Å². The summed E-state index contributed by atoms with van der Waals surface area (Å²) in [7, 11) is 0. The molecule has 0 spiro atoms. The number of hydrogen-bond acceptors (Lipinski definition) is 4. The van der Waals surface area contributed by atoms with Crippen LogP contribution in [0.15, 0.2) is 0 Å². The van der Waals surface area contributed by atoms with Crippen LogP contribution in [0, 0.1) is 0 Å². The van der Waals surface area contributed by atoms with Crippen molar-refractivity contribution in [3.63, 3.8) is 0 Å². The Morgan fingerprint density at radius 2 is 1.90 bits per heavy atom. The van der Waals surface area contributed by atoms with Crippen LogP contribution < -0.4 is 11.1 Å². The van der Waals surface area contributed by atoms with Crippen LogP contribution in [0.5, 0.6) is 0 Å². The number of nitrogens with zero attached hydrogens (tertiary/aromatic N) is 1. The SMILES string of the molecule is CC1CC(NC2CC(N)C2)CCN1C(=O)OC(C)(C)C. The van der Waals surface area contributed by atoms with Crippen molar-refractivity contribution in [2.75, 3.05) is 6.54 Å². The summed E-state index contributed by atoms with van der Waals surface area (Å²) in [6.45, 7) is 8.59. The van der Waals surface area contributed by atoms with Gasteiger partial charge in [-0.25, -0.2) is 4.79 Å². The van der Waals surface area contributed by atoms with E-state index in [0.29, 0.717) is 18.1 Å². The first-order chi connectivity index (χ1) is 9.24. The molecule has 1 saturated heterocycles. The molecule has 1 heterocycles. The van der Waals surface area contributed by atoms with Gasteiger partial charge >= 0.3 is 6.09 Å². The van der Waals surface area contributed by atoms with E-state index in [1.54, 1.807) is 0 Å². The minimum Gasteiger partial charge on any atom is -0.444 e. The maximum Gasteiger partial charge on any atom is 0.410 e. The monoisotopic (exact) mass is 283 g/mol. The molecule has 2 atom stereocenters. The summed E-state index contributed by atoms with van der Waals surface area (Å²) >= 11 is 0. The Morgan fingerprint density at radius 1 is 1.25 bits per heavy atom. The third-order valence-corrected chi connectivity index (χ3v) is 4.15. The van der Waals surface area contributed by atoms with Gasteiger partial charge < -0.3 is 20.7 Å². The number of ether oxygens (including phenoxy) is 1. The first-order valence-electron chi connectivity index (χ1n) is 7.76. The molecule has 1 aliphatic heterocycles. The fourth-order valence-corrected chi connectivity index (χ4v) is 3.05. The molecule has 1 amide bonds. The lowest BCUT2D eigenvalue weighted by molar-refractivity contribution is 0.00848. The van der Waals surface area contributed by atoms with Crippen molar-refractivity contribution < 1.29 is 9.53 Å². The minimum atomic E-state index is -0.423. The average Bonchev–Trinajstić information content (AvgIpc) is 2.24. The lowest BCUT2D eigenvalue weighted by atomic mass is 9.86. The molecule has 2 aliphatic rings. The van der Waals surface area contributed by atoms with Crippen LogP contribution in [-0.2, 0) is 4.74 Å². The number of carbonyl (C=O) groups is 1. The molecule has 5 heteroatoms. The minimum absolute atomic E-state index is 0.186. The van der Waals surface area contributed by atoms with Crippen LogP contribution >= 0.6 is 0 Å². The summed E-state index contributed by atoms with van der Waals surface area (Å²) in [5, 5.41) is 3.67. The van der Waals surface area contributed by atoms with Gasteiger partial charge in [-0.05, 0) is 53.4 Å². The van der Waals surface area contributed by atoms with E-state index in [4.69, 9.17) is 10.5 Å². The molecular formula is C15H29N3O2. The number of carbonyl (C=O) groups excluding carboxylic acids is 1. The van der Waals surface area contributed by atoms with Crippen molar-refractivity contribution >= 4 is 6.09 Å². The third kappa shape index (κ3) is 4.09. The van der Waals surface area contributed by atoms with Crippen molar-refractivity contribution in [1.29, 1.82) is 0 Å². The molecule has 3 N–H and O–H groups in total. The third-order valence-electron chi connectivity index (χ3n) is 4.15. The van der Waals surface area contributed by atoms with Crippen molar-refractivity contribution in [2.45, 2.75) is 83.1 Å². The number of nitrogens with one attached hydrogen (secondary N) is 1. The molecule has 2 unspecified atom stereocenters. The summed E-state index contributed by atoms with van der Waals surface area (Å²) in [5.41, 5.74) is 5.39. The van der Waals surface area contributed by atoms with E-state index in [9.17, 15) is 4.79 Å². The molecule has 20 heavy (non-hydrogen) atoms. The number of rotatable bonds is 2. The number of likely N-dealkylation sites (tertiary alicyclic amines) is 1. The van der Waals surface area contributed by atoms with Crippen molar-refractivity contribution in [3.8, 4) is 0 Å². The number of amides is 1. The van der Waals surface area contributed by atoms with E-state index < -0.39 is 5.60 Å². The fourth-order valence-electron chi connectivity index (χ4n) is 3.05. The summed E-state index contributed by atoms with van der Waals surface area (Å²) < 4.78 is 5.46. The predicted molar refractivity (Wildman–Crippen MR) is 79.6 cm³/mol. The smallest absolute Gasteiger partial charge is 0.410 e. The highest BCUT2D eigenvalue weighted by Crippen LogP contribution is 2.24. The molecule has 116 valence electrons. The van der Waals surface area contributed by atoms with Gasteiger partial charge in [-0.1, -0.05) is 0 Å². The molecule has 0 bridgehead atoms. The normalized spacial score (nSPS) is 34.5. The zero-order valence-electron chi connectivity index (χ0n) is 13.2. The molecular weight excluding hydrogens is 254 g/mol. The Morgan fingerprint density at radius 3 is 2.40 bits per heavy atom. The molecule has 2 rings (SSSR count). The van der Waals surface area contributed by atoms with E-state index >= 15 is 0 Å². The molecule has 2 fully saturated rings. The Kier molecular flexibility index (Phi) is 4.59. The van der Waals surface area contributed by atoms with Crippen molar-refractivity contribution in [3.05, 3.63) is 0 Å². The van der Waals surface area contributed by atoms with Gasteiger partial charge in [-0.15, -0.1) is 0 Å². The highest BCUT2D eigenvalue weighted by atomic mass is 16.6. The largest absolute Gasteiger partial charge is 0.444 e. The fraction of sp³-hybridized carbons (Fsp3) is 0.933. The molecule has 5 nitrogen and oxygen atoms in total. The molecule has 0 aromatic rings. The first kappa shape index (κ1) is 15.6. The Labute approximate surface area is 122 Å². The Balaban J connectivity index is 1.78. The zero-order chi connectivity index (χ0) is 14.9. The highest BCUT2D eigenvalue weighted by molar-refractivity contribution is 5.68. The summed E-state index contributed by atoms with van der Waals surface area (Å²) in [4.78, 5) is 14.0. The predicted octanol–water partition coefficient (Wildman–Crippen LogP) is 1.85. The lowest BCUT2D eigenvalue weighted by Crippen LogP contribution is -2.56. The van der Waals surface area contributed by atoms with Crippen LogP contribution in [-0.4, -0.2) is 47.3 Å². The number of nitrogens with two attached hydrogens (primary N) is 1. The van der Waals surface area contributed by atoms with Crippen molar-refractivity contribution in [2.24, 2.45) is 5.73 Å². The van der Waals surface area contributed by atoms with E-state index in [2.05, 4.69) is 12.2 Å². The average molecular weight is 283 g/mol. The van der Waals surface area contributed by atoms with Gasteiger partial charge in [0.05, 0.1) is 0 Å². The Hall–Kier alpha value is -0.810. The van der Waals surface area contributed by atoms with Gasteiger partial charge in [0.1, 0.15) is 5.60 Å². The van der Waals surface area contributed by atoms with Gasteiger partial charge in [0, 0.05) is 30.7 Å². The van der Waals surface area contributed by atoms with E-state index in [1.807, 2.05) is 25.7 Å². The van der Waals surface area contributed by atoms with Crippen LogP contribution in [0.1, 0.15) is 53.4 Å². The van der Waals surface area contributed by atoms with Gasteiger partial charge in [0.25, 0.3) is 0 Å². The molecule has 0 radical (unpaired) electrons. The van der Waals surface area contributed by atoms with E-state index in [1.165, 1.54) is 0 Å². The second kappa shape index (κ2) is 5.90.